The zero-order chi connectivity index (χ0) is 18.6. The van der Waals surface area contributed by atoms with Crippen LogP contribution in [-0.2, 0) is 23.9 Å². The quantitative estimate of drug-likeness (QED) is 0.678. The minimum atomic E-state index is -4.53. The van der Waals surface area contributed by atoms with Gasteiger partial charge >= 0.3 is 12.1 Å². The topological polar surface area (TPSA) is 85.7 Å². The second kappa shape index (κ2) is 7.38. The molecule has 0 atom stereocenters. The van der Waals surface area contributed by atoms with Gasteiger partial charge in [0.15, 0.2) is 5.69 Å². The molecule has 26 heavy (non-hydrogen) atoms. The Balaban J connectivity index is 1.54. The van der Waals surface area contributed by atoms with E-state index in [2.05, 4.69) is 15.4 Å². The van der Waals surface area contributed by atoms with E-state index in [-0.39, 0.29) is 24.3 Å². The van der Waals surface area contributed by atoms with Crippen LogP contribution in [0.5, 0.6) is 0 Å². The van der Waals surface area contributed by atoms with Gasteiger partial charge in [0, 0.05) is 12.0 Å². The molecular weight excluding hydrogens is 351 g/mol. The summed E-state index contributed by atoms with van der Waals surface area (Å²) in [6.07, 6.45) is -2.16. The van der Waals surface area contributed by atoms with Gasteiger partial charge in [-0.15, -0.1) is 5.10 Å². The highest BCUT2D eigenvalue weighted by Crippen LogP contribution is 2.30. The maximum absolute atomic E-state index is 12.7. The van der Waals surface area contributed by atoms with Crippen LogP contribution in [0.3, 0.4) is 0 Å². The number of hydrogen-bond acceptors (Lipinski definition) is 5. The number of carbonyl (C=O) groups is 1. The summed E-state index contributed by atoms with van der Waals surface area (Å²) in [7, 11) is 0. The highest BCUT2D eigenvalue weighted by molar-refractivity contribution is 5.86. The molecule has 0 radical (unpaired) electrons. The Bertz CT molecular complexity index is 873. The van der Waals surface area contributed by atoms with Crippen LogP contribution in [0.2, 0.25) is 0 Å². The van der Waals surface area contributed by atoms with Crippen LogP contribution >= 0.6 is 0 Å². The van der Waals surface area contributed by atoms with E-state index in [9.17, 15) is 18.0 Å². The third-order valence-electron chi connectivity index (χ3n) is 3.54. The lowest BCUT2D eigenvalue weighted by Gasteiger charge is -2.07. The number of alkyl halides is 3. The minimum absolute atomic E-state index is 0.0100. The SMILES string of the molecule is O=C(OCCc1cn[nH]c1C(F)(F)F)c1cn(Cc2ccccc2)nn1. The predicted octanol–water partition coefficient (Wildman–Crippen LogP) is 2.47. The van der Waals surface area contributed by atoms with Crippen molar-refractivity contribution in [3.63, 3.8) is 0 Å². The highest BCUT2D eigenvalue weighted by atomic mass is 19.4. The van der Waals surface area contributed by atoms with Gasteiger partial charge < -0.3 is 4.74 Å². The van der Waals surface area contributed by atoms with Crippen molar-refractivity contribution in [1.82, 2.24) is 25.2 Å². The largest absolute Gasteiger partial charge is 0.461 e. The number of benzene rings is 1. The molecule has 0 unspecified atom stereocenters. The molecule has 136 valence electrons. The van der Waals surface area contributed by atoms with Crippen LogP contribution in [0.4, 0.5) is 13.2 Å². The van der Waals surface area contributed by atoms with Gasteiger partial charge in [0.1, 0.15) is 5.69 Å². The second-order valence-electron chi connectivity index (χ2n) is 5.44. The first-order valence-electron chi connectivity index (χ1n) is 7.64. The summed E-state index contributed by atoms with van der Waals surface area (Å²) in [5.41, 5.74) is -0.0403. The maximum atomic E-state index is 12.7. The summed E-state index contributed by atoms with van der Waals surface area (Å²) >= 11 is 0. The van der Waals surface area contributed by atoms with Crippen molar-refractivity contribution in [2.45, 2.75) is 19.1 Å². The molecule has 1 aromatic carbocycles. The van der Waals surface area contributed by atoms with Crippen molar-refractivity contribution in [3.8, 4) is 0 Å². The van der Waals surface area contributed by atoms with Crippen molar-refractivity contribution in [2.24, 2.45) is 0 Å². The Kier molecular flexibility index (Phi) is 5.01. The molecule has 1 N–H and O–H groups in total. The molecule has 0 bridgehead atoms. The van der Waals surface area contributed by atoms with E-state index in [1.807, 2.05) is 35.4 Å². The molecule has 0 spiro atoms. The van der Waals surface area contributed by atoms with Gasteiger partial charge in [-0.3, -0.25) is 5.10 Å². The van der Waals surface area contributed by atoms with Gasteiger partial charge in [0.2, 0.25) is 0 Å². The first-order chi connectivity index (χ1) is 12.4. The normalized spacial score (nSPS) is 11.5. The van der Waals surface area contributed by atoms with Crippen LogP contribution in [0.15, 0.2) is 42.7 Å². The average molecular weight is 365 g/mol. The van der Waals surface area contributed by atoms with Gasteiger partial charge in [-0.2, -0.15) is 18.3 Å². The lowest BCUT2D eigenvalue weighted by Crippen LogP contribution is -2.12. The Labute approximate surface area is 145 Å². The van der Waals surface area contributed by atoms with Crippen LogP contribution in [0, 0.1) is 0 Å². The number of aromatic nitrogens is 5. The van der Waals surface area contributed by atoms with Gasteiger partial charge in [-0.1, -0.05) is 35.5 Å². The summed E-state index contributed by atoms with van der Waals surface area (Å²) in [6.45, 7) is 0.206. The molecule has 0 saturated heterocycles. The number of ether oxygens (including phenoxy) is 1. The molecule has 0 aliphatic heterocycles. The summed E-state index contributed by atoms with van der Waals surface area (Å²) in [6, 6.07) is 9.46. The molecule has 0 fully saturated rings. The van der Waals surface area contributed by atoms with Crippen LogP contribution in [0.25, 0.3) is 0 Å². The molecule has 0 amide bonds. The molecule has 7 nitrogen and oxygen atoms in total. The number of nitrogens with zero attached hydrogens (tertiary/aromatic N) is 4. The fraction of sp³-hybridized carbons (Fsp3) is 0.250. The number of carbonyl (C=O) groups excluding carboxylic acids is 1. The molecule has 0 aliphatic rings. The molecule has 0 aliphatic carbocycles. The fourth-order valence-electron chi connectivity index (χ4n) is 2.31. The van der Waals surface area contributed by atoms with E-state index < -0.39 is 17.8 Å². The van der Waals surface area contributed by atoms with Crippen LogP contribution < -0.4 is 0 Å². The molecule has 2 aromatic heterocycles. The van der Waals surface area contributed by atoms with E-state index in [0.29, 0.717) is 6.54 Å². The minimum Gasteiger partial charge on any atom is -0.461 e. The average Bonchev–Trinajstić information content (AvgIpc) is 3.25. The summed E-state index contributed by atoms with van der Waals surface area (Å²) < 4.78 is 44.6. The lowest BCUT2D eigenvalue weighted by atomic mass is 10.2. The van der Waals surface area contributed by atoms with Crippen molar-refractivity contribution < 1.29 is 22.7 Å². The zero-order valence-corrected chi connectivity index (χ0v) is 13.4. The molecule has 3 rings (SSSR count). The monoisotopic (exact) mass is 365 g/mol. The summed E-state index contributed by atoms with van der Waals surface area (Å²) in [4.78, 5) is 11.9. The van der Waals surface area contributed by atoms with E-state index in [1.165, 1.54) is 10.9 Å². The number of halogens is 3. The van der Waals surface area contributed by atoms with Crippen LogP contribution in [0.1, 0.15) is 27.3 Å². The first-order valence-corrected chi connectivity index (χ1v) is 7.64. The number of hydrogen-bond donors (Lipinski definition) is 1. The Morgan fingerprint density at radius 3 is 2.73 bits per heavy atom. The van der Waals surface area contributed by atoms with Crippen molar-refractivity contribution >= 4 is 5.97 Å². The first kappa shape index (κ1) is 17.6. The third kappa shape index (κ3) is 4.26. The summed E-state index contributed by atoms with van der Waals surface area (Å²) in [5.74, 6) is -0.749. The van der Waals surface area contributed by atoms with Gasteiger partial charge in [0.05, 0.1) is 25.5 Å². The van der Waals surface area contributed by atoms with E-state index >= 15 is 0 Å². The Morgan fingerprint density at radius 2 is 2.00 bits per heavy atom. The standard InChI is InChI=1S/C16H14F3N5O2/c17-16(18,19)14-12(8-20-22-14)6-7-26-15(25)13-10-24(23-21-13)9-11-4-2-1-3-5-11/h1-5,8,10H,6-7,9H2,(H,20,22). The lowest BCUT2D eigenvalue weighted by molar-refractivity contribution is -0.141. The molecule has 0 saturated carbocycles. The fourth-order valence-corrected chi connectivity index (χ4v) is 2.31. The van der Waals surface area contributed by atoms with Crippen molar-refractivity contribution in [3.05, 3.63) is 65.2 Å². The van der Waals surface area contributed by atoms with E-state index in [1.54, 1.807) is 0 Å². The number of rotatable bonds is 6. The summed E-state index contributed by atoms with van der Waals surface area (Å²) in [5, 5.41) is 12.8. The molecule has 2 heterocycles. The van der Waals surface area contributed by atoms with Gasteiger partial charge in [-0.05, 0) is 5.56 Å². The number of aromatic amines is 1. The third-order valence-corrected chi connectivity index (χ3v) is 3.54. The van der Waals surface area contributed by atoms with Crippen molar-refractivity contribution in [1.29, 1.82) is 0 Å². The number of H-pyrrole nitrogens is 1. The maximum Gasteiger partial charge on any atom is 0.433 e. The van der Waals surface area contributed by atoms with E-state index in [0.717, 1.165) is 11.8 Å². The van der Waals surface area contributed by atoms with Gasteiger partial charge in [0.25, 0.3) is 0 Å². The molecule has 10 heteroatoms. The van der Waals surface area contributed by atoms with Gasteiger partial charge in [-0.25, -0.2) is 9.48 Å². The highest BCUT2D eigenvalue weighted by Gasteiger charge is 2.35. The zero-order valence-electron chi connectivity index (χ0n) is 13.4. The molecule has 3 aromatic rings. The smallest absolute Gasteiger partial charge is 0.433 e. The Hall–Kier alpha value is -3.17. The van der Waals surface area contributed by atoms with Crippen molar-refractivity contribution in [2.75, 3.05) is 6.61 Å². The number of esters is 1. The predicted molar refractivity (Wildman–Crippen MR) is 83.1 cm³/mol. The van der Waals surface area contributed by atoms with Crippen LogP contribution in [-0.4, -0.2) is 37.8 Å². The number of nitrogens with one attached hydrogen (secondary N) is 1. The second-order valence-corrected chi connectivity index (χ2v) is 5.44. The molecular formula is C16H14F3N5O2. The van der Waals surface area contributed by atoms with E-state index in [4.69, 9.17) is 4.74 Å². The Morgan fingerprint density at radius 1 is 1.23 bits per heavy atom.